The van der Waals surface area contributed by atoms with E-state index in [2.05, 4.69) is 15.5 Å². The molecule has 0 saturated carbocycles. The van der Waals surface area contributed by atoms with Crippen molar-refractivity contribution >= 4 is 11.6 Å². The number of amides is 1. The van der Waals surface area contributed by atoms with Gasteiger partial charge in [-0.25, -0.2) is 0 Å². The Hall–Kier alpha value is -2.95. The molecule has 1 atom stereocenters. The minimum absolute atomic E-state index is 0.0814. The highest BCUT2D eigenvalue weighted by atomic mass is 16.4. The van der Waals surface area contributed by atoms with Gasteiger partial charge < -0.3 is 9.73 Å². The van der Waals surface area contributed by atoms with Crippen molar-refractivity contribution in [1.29, 1.82) is 0 Å². The van der Waals surface area contributed by atoms with Gasteiger partial charge in [0.15, 0.2) is 0 Å². The fourth-order valence-electron chi connectivity index (χ4n) is 2.87. The monoisotopic (exact) mass is 335 g/mol. The summed E-state index contributed by atoms with van der Waals surface area (Å²) >= 11 is 0. The van der Waals surface area contributed by atoms with Gasteiger partial charge in [0.05, 0.1) is 5.92 Å². The van der Waals surface area contributed by atoms with Gasteiger partial charge in [-0.15, -0.1) is 10.2 Å². The first-order valence-corrected chi connectivity index (χ1v) is 8.25. The van der Waals surface area contributed by atoms with Crippen LogP contribution in [0.4, 0.5) is 5.69 Å². The van der Waals surface area contributed by atoms with E-state index in [1.54, 1.807) is 6.92 Å². The predicted molar refractivity (Wildman–Crippen MR) is 96.5 cm³/mol. The lowest BCUT2D eigenvalue weighted by molar-refractivity contribution is -0.116. The second kappa shape index (κ2) is 7.30. The fourth-order valence-corrected chi connectivity index (χ4v) is 2.87. The van der Waals surface area contributed by atoms with Gasteiger partial charge in [-0.2, -0.15) is 0 Å². The summed E-state index contributed by atoms with van der Waals surface area (Å²) in [5.74, 6) is 0.597. The van der Waals surface area contributed by atoms with Gasteiger partial charge in [-0.05, 0) is 30.5 Å². The Balaban J connectivity index is 1.84. The normalized spacial score (nSPS) is 12.0. The molecule has 0 aliphatic rings. The molecule has 128 valence electrons. The van der Waals surface area contributed by atoms with Crippen LogP contribution in [0.5, 0.6) is 0 Å². The van der Waals surface area contributed by atoms with Crippen LogP contribution in [-0.4, -0.2) is 16.1 Å². The molecule has 0 fully saturated rings. The van der Waals surface area contributed by atoms with Crippen molar-refractivity contribution < 1.29 is 9.21 Å². The molecule has 3 rings (SSSR count). The van der Waals surface area contributed by atoms with Crippen LogP contribution in [0.15, 0.2) is 52.9 Å². The maximum atomic E-state index is 12.7. The number of hydrogen-bond acceptors (Lipinski definition) is 4. The topological polar surface area (TPSA) is 68.0 Å². The SMILES string of the molecule is Cc1nnc(C(CC(=O)Nc2c(C)cccc2C)c2ccccc2)o1. The molecule has 0 aliphatic carbocycles. The molecular weight excluding hydrogens is 314 g/mol. The number of nitrogens with zero attached hydrogens (tertiary/aromatic N) is 2. The lowest BCUT2D eigenvalue weighted by Crippen LogP contribution is -2.18. The minimum atomic E-state index is -0.272. The molecule has 0 radical (unpaired) electrons. The average molecular weight is 335 g/mol. The maximum Gasteiger partial charge on any atom is 0.225 e. The van der Waals surface area contributed by atoms with Crippen molar-refractivity contribution in [2.75, 3.05) is 5.32 Å². The lowest BCUT2D eigenvalue weighted by Gasteiger charge is -2.15. The first kappa shape index (κ1) is 16.9. The van der Waals surface area contributed by atoms with E-state index in [1.807, 2.05) is 62.4 Å². The summed E-state index contributed by atoms with van der Waals surface area (Å²) in [6.07, 6.45) is 0.236. The van der Waals surface area contributed by atoms with Crippen LogP contribution in [0.25, 0.3) is 0 Å². The molecule has 1 N–H and O–H groups in total. The average Bonchev–Trinajstić information content (AvgIpc) is 3.03. The second-order valence-corrected chi connectivity index (χ2v) is 6.14. The fraction of sp³-hybridized carbons (Fsp3) is 0.250. The van der Waals surface area contributed by atoms with E-state index in [0.717, 1.165) is 22.4 Å². The molecule has 3 aromatic rings. The van der Waals surface area contributed by atoms with Crippen LogP contribution in [0.3, 0.4) is 0 Å². The van der Waals surface area contributed by atoms with E-state index >= 15 is 0 Å². The van der Waals surface area contributed by atoms with Crippen LogP contribution in [0.2, 0.25) is 0 Å². The Bertz CT molecular complexity index is 851. The Morgan fingerprint density at radius 1 is 1.00 bits per heavy atom. The number of rotatable bonds is 5. The number of carbonyl (C=O) groups is 1. The molecule has 0 bridgehead atoms. The highest BCUT2D eigenvalue weighted by Gasteiger charge is 2.24. The molecule has 5 heteroatoms. The third-order valence-corrected chi connectivity index (χ3v) is 4.18. The minimum Gasteiger partial charge on any atom is -0.425 e. The summed E-state index contributed by atoms with van der Waals surface area (Å²) in [6.45, 7) is 5.71. The highest BCUT2D eigenvalue weighted by Crippen LogP contribution is 2.28. The number of hydrogen-bond donors (Lipinski definition) is 1. The molecular formula is C20H21N3O2. The van der Waals surface area contributed by atoms with Crippen molar-refractivity contribution in [1.82, 2.24) is 10.2 Å². The number of carbonyl (C=O) groups excluding carboxylic acids is 1. The number of anilines is 1. The quantitative estimate of drug-likeness (QED) is 0.760. The summed E-state index contributed by atoms with van der Waals surface area (Å²) < 4.78 is 5.60. The van der Waals surface area contributed by atoms with Crippen LogP contribution < -0.4 is 5.32 Å². The molecule has 1 unspecified atom stereocenters. The van der Waals surface area contributed by atoms with E-state index in [-0.39, 0.29) is 18.2 Å². The van der Waals surface area contributed by atoms with Crippen molar-refractivity contribution in [2.24, 2.45) is 0 Å². The summed E-state index contributed by atoms with van der Waals surface area (Å²) in [7, 11) is 0. The lowest BCUT2D eigenvalue weighted by atomic mass is 9.95. The van der Waals surface area contributed by atoms with E-state index < -0.39 is 0 Å². The number of nitrogens with one attached hydrogen (secondary N) is 1. The molecule has 0 spiro atoms. The molecule has 1 amide bonds. The summed E-state index contributed by atoms with van der Waals surface area (Å²) in [6, 6.07) is 15.7. The van der Waals surface area contributed by atoms with E-state index in [4.69, 9.17) is 4.42 Å². The molecule has 5 nitrogen and oxygen atoms in total. The van der Waals surface area contributed by atoms with Gasteiger partial charge >= 0.3 is 0 Å². The zero-order valence-corrected chi connectivity index (χ0v) is 14.6. The molecule has 2 aromatic carbocycles. The number of benzene rings is 2. The summed E-state index contributed by atoms with van der Waals surface area (Å²) in [4.78, 5) is 12.7. The Kier molecular flexibility index (Phi) is 4.93. The molecule has 1 heterocycles. The summed E-state index contributed by atoms with van der Waals surface area (Å²) in [5.41, 5.74) is 3.92. The second-order valence-electron chi connectivity index (χ2n) is 6.14. The molecule has 0 saturated heterocycles. The van der Waals surface area contributed by atoms with Gasteiger partial charge in [-0.1, -0.05) is 48.5 Å². The van der Waals surface area contributed by atoms with E-state index in [1.165, 1.54) is 0 Å². The predicted octanol–water partition coefficient (Wildman–Crippen LogP) is 4.16. The molecule has 0 aliphatic heterocycles. The van der Waals surface area contributed by atoms with Crippen LogP contribution >= 0.6 is 0 Å². The van der Waals surface area contributed by atoms with Crippen LogP contribution in [0, 0.1) is 20.8 Å². The largest absolute Gasteiger partial charge is 0.425 e. The molecule has 25 heavy (non-hydrogen) atoms. The number of aryl methyl sites for hydroxylation is 3. The molecule has 1 aromatic heterocycles. The smallest absolute Gasteiger partial charge is 0.225 e. The third kappa shape index (κ3) is 3.94. The van der Waals surface area contributed by atoms with E-state index in [9.17, 15) is 4.79 Å². The van der Waals surface area contributed by atoms with Crippen molar-refractivity contribution in [3.63, 3.8) is 0 Å². The van der Waals surface area contributed by atoms with Crippen molar-refractivity contribution in [3.05, 3.63) is 77.0 Å². The Labute approximate surface area is 147 Å². The van der Waals surface area contributed by atoms with Crippen LogP contribution in [-0.2, 0) is 4.79 Å². The maximum absolute atomic E-state index is 12.7. The number of aromatic nitrogens is 2. The van der Waals surface area contributed by atoms with Gasteiger partial charge in [0, 0.05) is 19.0 Å². The highest BCUT2D eigenvalue weighted by molar-refractivity contribution is 5.93. The van der Waals surface area contributed by atoms with Gasteiger partial charge in [0.1, 0.15) is 0 Å². The Morgan fingerprint density at radius 3 is 2.28 bits per heavy atom. The zero-order chi connectivity index (χ0) is 17.8. The third-order valence-electron chi connectivity index (χ3n) is 4.18. The van der Waals surface area contributed by atoms with Crippen molar-refractivity contribution in [2.45, 2.75) is 33.1 Å². The zero-order valence-electron chi connectivity index (χ0n) is 14.6. The Morgan fingerprint density at radius 2 is 1.68 bits per heavy atom. The number of para-hydroxylation sites is 1. The van der Waals surface area contributed by atoms with Crippen molar-refractivity contribution in [3.8, 4) is 0 Å². The van der Waals surface area contributed by atoms with Gasteiger partial charge in [0.25, 0.3) is 0 Å². The standard InChI is InChI=1S/C20H21N3O2/c1-13-8-7-9-14(2)19(13)21-18(24)12-17(16-10-5-4-6-11-16)20-23-22-15(3)25-20/h4-11,17H,12H2,1-3H3,(H,21,24). The first-order valence-electron chi connectivity index (χ1n) is 8.25. The summed E-state index contributed by atoms with van der Waals surface area (Å²) in [5, 5.41) is 11.1. The van der Waals surface area contributed by atoms with E-state index in [0.29, 0.717) is 11.8 Å². The van der Waals surface area contributed by atoms with Gasteiger partial charge in [-0.3, -0.25) is 4.79 Å². The van der Waals surface area contributed by atoms with Crippen LogP contribution in [0.1, 0.15) is 40.8 Å². The van der Waals surface area contributed by atoms with Gasteiger partial charge in [0.2, 0.25) is 17.7 Å². The first-order chi connectivity index (χ1) is 12.0.